The van der Waals surface area contributed by atoms with E-state index < -0.39 is 0 Å². The van der Waals surface area contributed by atoms with Crippen LogP contribution in [0.25, 0.3) is 10.9 Å². The van der Waals surface area contributed by atoms with E-state index in [0.29, 0.717) is 16.3 Å². The highest BCUT2D eigenvalue weighted by Gasteiger charge is 2.10. The largest absolute Gasteiger partial charge is 0.320 e. The molecule has 21 heavy (non-hydrogen) atoms. The quantitative estimate of drug-likeness (QED) is 0.759. The van der Waals surface area contributed by atoms with Gasteiger partial charge in [-0.2, -0.15) is 0 Å². The summed E-state index contributed by atoms with van der Waals surface area (Å²) in [4.78, 5) is 16.6. The SMILES string of the molecule is Cc1ccc(C(=O)Nc2cc(Cl)cc3cccnc23)cc1. The lowest BCUT2D eigenvalue weighted by atomic mass is 10.1. The summed E-state index contributed by atoms with van der Waals surface area (Å²) in [6.45, 7) is 1.98. The summed E-state index contributed by atoms with van der Waals surface area (Å²) >= 11 is 6.09. The van der Waals surface area contributed by atoms with Gasteiger partial charge in [-0.3, -0.25) is 9.78 Å². The zero-order chi connectivity index (χ0) is 14.8. The second-order valence-corrected chi connectivity index (χ2v) is 5.29. The second-order valence-electron chi connectivity index (χ2n) is 4.85. The number of pyridine rings is 1. The Bertz CT molecular complexity index is 813. The molecule has 0 spiro atoms. The van der Waals surface area contributed by atoms with Gasteiger partial charge in [0.15, 0.2) is 0 Å². The Morgan fingerprint density at radius 1 is 1.14 bits per heavy atom. The van der Waals surface area contributed by atoms with E-state index in [1.54, 1.807) is 24.4 Å². The number of halogens is 1. The van der Waals surface area contributed by atoms with E-state index in [2.05, 4.69) is 10.3 Å². The number of aryl methyl sites for hydroxylation is 1. The monoisotopic (exact) mass is 296 g/mol. The van der Waals surface area contributed by atoms with Crippen LogP contribution in [0.15, 0.2) is 54.7 Å². The molecule has 0 unspecified atom stereocenters. The molecule has 4 heteroatoms. The number of rotatable bonds is 2. The Hall–Kier alpha value is -2.39. The molecule has 0 aliphatic heterocycles. The Morgan fingerprint density at radius 3 is 2.67 bits per heavy atom. The number of carbonyl (C=O) groups is 1. The van der Waals surface area contributed by atoms with Gasteiger partial charge < -0.3 is 5.32 Å². The Labute approximate surface area is 127 Å². The molecule has 104 valence electrons. The lowest BCUT2D eigenvalue weighted by molar-refractivity contribution is 0.102. The fourth-order valence-corrected chi connectivity index (χ4v) is 2.38. The van der Waals surface area contributed by atoms with Gasteiger partial charge in [-0.25, -0.2) is 0 Å². The summed E-state index contributed by atoms with van der Waals surface area (Å²) in [5.41, 5.74) is 3.05. The predicted molar refractivity (Wildman–Crippen MR) is 85.9 cm³/mol. The number of nitrogens with one attached hydrogen (secondary N) is 1. The highest BCUT2D eigenvalue weighted by atomic mass is 35.5. The van der Waals surface area contributed by atoms with Crippen LogP contribution in [0.5, 0.6) is 0 Å². The van der Waals surface area contributed by atoms with Gasteiger partial charge in [-0.15, -0.1) is 0 Å². The highest BCUT2D eigenvalue weighted by molar-refractivity contribution is 6.32. The third kappa shape index (κ3) is 2.88. The molecule has 1 N–H and O–H groups in total. The molecule has 0 saturated carbocycles. The van der Waals surface area contributed by atoms with Gasteiger partial charge in [0.2, 0.25) is 0 Å². The van der Waals surface area contributed by atoms with Crippen molar-refractivity contribution >= 4 is 34.1 Å². The van der Waals surface area contributed by atoms with E-state index in [0.717, 1.165) is 16.5 Å². The zero-order valence-electron chi connectivity index (χ0n) is 11.4. The van der Waals surface area contributed by atoms with Crippen molar-refractivity contribution in [2.75, 3.05) is 5.32 Å². The maximum Gasteiger partial charge on any atom is 0.255 e. The van der Waals surface area contributed by atoms with Gasteiger partial charge in [-0.05, 0) is 37.3 Å². The topological polar surface area (TPSA) is 42.0 Å². The van der Waals surface area contributed by atoms with Gasteiger partial charge in [0, 0.05) is 22.2 Å². The standard InChI is InChI=1S/C17H13ClN2O/c1-11-4-6-12(7-5-11)17(21)20-15-10-14(18)9-13-3-2-8-19-16(13)15/h2-10H,1H3,(H,20,21). The molecule has 0 saturated heterocycles. The molecule has 2 aromatic carbocycles. The minimum Gasteiger partial charge on any atom is -0.320 e. The average molecular weight is 297 g/mol. The molecule has 0 aliphatic carbocycles. The molecule has 1 amide bonds. The minimum atomic E-state index is -0.177. The molecule has 1 heterocycles. The first-order valence-electron chi connectivity index (χ1n) is 6.56. The molecular formula is C17H13ClN2O. The van der Waals surface area contributed by atoms with Crippen molar-refractivity contribution < 1.29 is 4.79 Å². The molecule has 0 fully saturated rings. The summed E-state index contributed by atoms with van der Waals surface area (Å²) in [6, 6.07) is 14.7. The number of carbonyl (C=O) groups excluding carboxylic acids is 1. The van der Waals surface area contributed by atoms with Crippen molar-refractivity contribution in [3.63, 3.8) is 0 Å². The van der Waals surface area contributed by atoms with Crippen LogP contribution in [0.3, 0.4) is 0 Å². The summed E-state index contributed by atoms with van der Waals surface area (Å²) < 4.78 is 0. The normalized spacial score (nSPS) is 10.6. The third-order valence-corrected chi connectivity index (χ3v) is 3.45. The van der Waals surface area contributed by atoms with Gasteiger partial charge in [0.25, 0.3) is 5.91 Å². The number of hydrogen-bond donors (Lipinski definition) is 1. The van der Waals surface area contributed by atoms with Crippen molar-refractivity contribution in [3.05, 3.63) is 70.9 Å². The number of aromatic nitrogens is 1. The van der Waals surface area contributed by atoms with Crippen molar-refractivity contribution in [1.29, 1.82) is 0 Å². The van der Waals surface area contributed by atoms with Gasteiger partial charge >= 0.3 is 0 Å². The summed E-state index contributed by atoms with van der Waals surface area (Å²) in [7, 11) is 0. The molecule has 0 aliphatic rings. The maximum atomic E-state index is 12.3. The number of fused-ring (bicyclic) bond motifs is 1. The molecule has 0 radical (unpaired) electrons. The van der Waals surface area contributed by atoms with E-state index in [-0.39, 0.29) is 5.91 Å². The second kappa shape index (κ2) is 5.54. The number of amides is 1. The molecule has 3 aromatic rings. The van der Waals surface area contributed by atoms with Gasteiger partial charge in [0.1, 0.15) is 0 Å². The molecule has 0 bridgehead atoms. The van der Waals surface area contributed by atoms with E-state index in [4.69, 9.17) is 11.6 Å². The van der Waals surface area contributed by atoms with Crippen LogP contribution >= 0.6 is 11.6 Å². The lowest BCUT2D eigenvalue weighted by Gasteiger charge is -2.09. The number of benzene rings is 2. The van der Waals surface area contributed by atoms with Gasteiger partial charge in [0.05, 0.1) is 11.2 Å². The van der Waals surface area contributed by atoms with Crippen LogP contribution in [-0.4, -0.2) is 10.9 Å². The van der Waals surface area contributed by atoms with Crippen molar-refractivity contribution in [3.8, 4) is 0 Å². The van der Waals surface area contributed by atoms with E-state index in [1.807, 2.05) is 37.3 Å². The van der Waals surface area contributed by atoms with Crippen LogP contribution in [0.1, 0.15) is 15.9 Å². The first-order valence-corrected chi connectivity index (χ1v) is 6.93. The summed E-state index contributed by atoms with van der Waals surface area (Å²) in [5.74, 6) is -0.177. The Balaban J connectivity index is 1.98. The van der Waals surface area contributed by atoms with Crippen LogP contribution in [0.2, 0.25) is 5.02 Å². The molecular weight excluding hydrogens is 284 g/mol. The fraction of sp³-hybridized carbons (Fsp3) is 0.0588. The number of nitrogens with zero attached hydrogens (tertiary/aromatic N) is 1. The van der Waals surface area contributed by atoms with Crippen molar-refractivity contribution in [2.45, 2.75) is 6.92 Å². The van der Waals surface area contributed by atoms with Crippen LogP contribution < -0.4 is 5.32 Å². The lowest BCUT2D eigenvalue weighted by Crippen LogP contribution is -2.12. The van der Waals surface area contributed by atoms with E-state index in [1.165, 1.54) is 0 Å². The molecule has 3 nitrogen and oxygen atoms in total. The van der Waals surface area contributed by atoms with Crippen LogP contribution in [0, 0.1) is 6.92 Å². The zero-order valence-corrected chi connectivity index (χ0v) is 12.2. The number of anilines is 1. The van der Waals surface area contributed by atoms with Crippen LogP contribution in [-0.2, 0) is 0 Å². The van der Waals surface area contributed by atoms with Gasteiger partial charge in [-0.1, -0.05) is 35.4 Å². The van der Waals surface area contributed by atoms with E-state index >= 15 is 0 Å². The third-order valence-electron chi connectivity index (χ3n) is 3.23. The van der Waals surface area contributed by atoms with E-state index in [9.17, 15) is 4.79 Å². The first-order chi connectivity index (χ1) is 10.1. The van der Waals surface area contributed by atoms with Crippen LogP contribution in [0.4, 0.5) is 5.69 Å². The molecule has 0 atom stereocenters. The summed E-state index contributed by atoms with van der Waals surface area (Å²) in [5, 5.41) is 4.33. The summed E-state index contributed by atoms with van der Waals surface area (Å²) in [6.07, 6.45) is 1.69. The number of hydrogen-bond acceptors (Lipinski definition) is 2. The van der Waals surface area contributed by atoms with Crippen molar-refractivity contribution in [2.24, 2.45) is 0 Å². The Kier molecular flexibility index (Phi) is 3.59. The molecule has 3 rings (SSSR count). The fourth-order valence-electron chi connectivity index (χ4n) is 2.15. The Morgan fingerprint density at radius 2 is 1.90 bits per heavy atom. The maximum absolute atomic E-state index is 12.3. The first kappa shape index (κ1) is 13.6. The highest BCUT2D eigenvalue weighted by Crippen LogP contribution is 2.26. The predicted octanol–water partition coefficient (Wildman–Crippen LogP) is 4.45. The minimum absolute atomic E-state index is 0.177. The molecule has 1 aromatic heterocycles. The average Bonchev–Trinajstić information content (AvgIpc) is 2.47. The smallest absolute Gasteiger partial charge is 0.255 e. The van der Waals surface area contributed by atoms with Crippen molar-refractivity contribution in [1.82, 2.24) is 4.98 Å².